The van der Waals surface area contributed by atoms with E-state index in [1.807, 2.05) is 0 Å². The van der Waals surface area contributed by atoms with E-state index in [-0.39, 0.29) is 15.5 Å². The number of hydrogen-bond acceptors (Lipinski definition) is 4. The fourth-order valence-electron chi connectivity index (χ4n) is 1.10. The number of aromatic nitrogens is 1. The number of hydrogen-bond donors (Lipinski definition) is 0. The monoisotopic (exact) mass is 251 g/mol. The molecule has 0 saturated heterocycles. The molecule has 1 heterocycles. The lowest BCUT2D eigenvalue weighted by atomic mass is 10.3. The normalized spacial score (nSPS) is 12.1. The highest BCUT2D eigenvalue weighted by Gasteiger charge is 2.18. The molecule has 0 aliphatic heterocycles. The Bertz CT molecular complexity index is 590. The maximum absolute atomic E-state index is 11.1. The third-order valence-electron chi connectivity index (χ3n) is 1.65. The average Bonchev–Trinajstić information content (AvgIpc) is 2.47. The van der Waals surface area contributed by atoms with Gasteiger partial charge in [-0.25, -0.2) is 8.42 Å². The lowest BCUT2D eigenvalue weighted by Crippen LogP contribution is -1.90. The van der Waals surface area contributed by atoms with Gasteiger partial charge in [-0.2, -0.15) is 0 Å². The average molecular weight is 252 g/mol. The van der Waals surface area contributed by atoms with Crippen LogP contribution in [0.2, 0.25) is 5.02 Å². The molecule has 0 unspecified atom stereocenters. The summed E-state index contributed by atoms with van der Waals surface area (Å²) in [4.78, 5) is -0.167. The van der Waals surface area contributed by atoms with E-state index in [9.17, 15) is 8.42 Å². The lowest BCUT2D eigenvalue weighted by Gasteiger charge is -1.97. The molecule has 7 heteroatoms. The molecule has 0 spiro atoms. The van der Waals surface area contributed by atoms with Gasteiger partial charge in [-0.3, -0.25) is 0 Å². The van der Waals surface area contributed by atoms with Crippen molar-refractivity contribution in [3.63, 3.8) is 0 Å². The van der Waals surface area contributed by atoms with Gasteiger partial charge >= 0.3 is 0 Å². The van der Waals surface area contributed by atoms with E-state index in [4.69, 9.17) is 26.8 Å². The highest BCUT2D eigenvalue weighted by atomic mass is 35.7. The molecular weight excluding hydrogens is 249 g/mol. The second kappa shape index (κ2) is 3.12. The minimum Gasteiger partial charge on any atom is -0.355 e. The van der Waals surface area contributed by atoms with Crippen LogP contribution in [0, 0.1) is 0 Å². The van der Waals surface area contributed by atoms with Gasteiger partial charge in [0.15, 0.2) is 5.58 Å². The van der Waals surface area contributed by atoms with Crippen LogP contribution in [0.3, 0.4) is 0 Å². The molecule has 0 fully saturated rings. The second-order valence-electron chi connectivity index (χ2n) is 2.59. The van der Waals surface area contributed by atoms with Crippen molar-refractivity contribution in [3.05, 3.63) is 23.4 Å². The van der Waals surface area contributed by atoms with Crippen molar-refractivity contribution in [3.8, 4) is 0 Å². The summed E-state index contributed by atoms with van der Waals surface area (Å²) in [6.45, 7) is 0. The maximum Gasteiger partial charge on any atom is 0.265 e. The van der Waals surface area contributed by atoms with Gasteiger partial charge in [0.1, 0.15) is 4.90 Å². The summed E-state index contributed by atoms with van der Waals surface area (Å²) >= 11 is 5.69. The minimum absolute atomic E-state index is 0.115. The van der Waals surface area contributed by atoms with Crippen molar-refractivity contribution in [2.24, 2.45) is 0 Å². The summed E-state index contributed by atoms with van der Waals surface area (Å²) in [5.74, 6) is 0. The second-order valence-corrected chi connectivity index (χ2v) is 5.56. The van der Waals surface area contributed by atoms with Crippen LogP contribution >= 0.6 is 22.3 Å². The van der Waals surface area contributed by atoms with Crippen LogP contribution < -0.4 is 0 Å². The maximum atomic E-state index is 11.1. The molecule has 0 aliphatic carbocycles. The van der Waals surface area contributed by atoms with E-state index < -0.39 is 9.05 Å². The zero-order valence-electron chi connectivity index (χ0n) is 6.57. The topological polar surface area (TPSA) is 60.2 Å². The highest BCUT2D eigenvalue weighted by Crippen LogP contribution is 2.29. The predicted molar refractivity (Wildman–Crippen MR) is 52.1 cm³/mol. The van der Waals surface area contributed by atoms with Gasteiger partial charge < -0.3 is 4.52 Å². The van der Waals surface area contributed by atoms with Crippen LogP contribution in [0.15, 0.2) is 27.7 Å². The minimum atomic E-state index is -3.87. The quantitative estimate of drug-likeness (QED) is 0.731. The Hall–Kier alpha value is -0.780. The summed E-state index contributed by atoms with van der Waals surface area (Å²) in [5.41, 5.74) is 0.115. The number of halogens is 2. The van der Waals surface area contributed by atoms with Gasteiger partial charge in [0.05, 0.1) is 6.20 Å². The molecule has 1 aromatic carbocycles. The van der Waals surface area contributed by atoms with Crippen LogP contribution in [-0.2, 0) is 9.05 Å². The molecular formula is C7H3Cl2NO3S. The Morgan fingerprint density at radius 2 is 2.07 bits per heavy atom. The van der Waals surface area contributed by atoms with E-state index in [2.05, 4.69) is 5.16 Å². The first-order valence-electron chi connectivity index (χ1n) is 3.47. The van der Waals surface area contributed by atoms with E-state index >= 15 is 0 Å². The molecule has 0 saturated carbocycles. The Balaban J connectivity index is 2.94. The van der Waals surface area contributed by atoms with Gasteiger partial charge in [-0.05, 0) is 12.1 Å². The third-order valence-corrected chi connectivity index (χ3v) is 3.19. The van der Waals surface area contributed by atoms with Crippen LogP contribution in [-0.4, -0.2) is 13.6 Å². The fraction of sp³-hybridized carbons (Fsp3) is 0. The Kier molecular flexibility index (Phi) is 2.17. The first-order valence-corrected chi connectivity index (χ1v) is 6.16. The molecule has 0 bridgehead atoms. The Morgan fingerprint density at radius 1 is 1.36 bits per heavy atom. The molecule has 2 aromatic rings. The van der Waals surface area contributed by atoms with Crippen LogP contribution in [0.25, 0.3) is 11.0 Å². The fourth-order valence-corrected chi connectivity index (χ4v) is 2.38. The largest absolute Gasteiger partial charge is 0.355 e. The van der Waals surface area contributed by atoms with Crippen molar-refractivity contribution in [2.45, 2.75) is 4.90 Å². The molecule has 4 nitrogen and oxygen atoms in total. The van der Waals surface area contributed by atoms with E-state index in [1.165, 1.54) is 12.3 Å². The molecule has 0 N–H and O–H groups in total. The van der Waals surface area contributed by atoms with Crippen molar-refractivity contribution in [2.75, 3.05) is 0 Å². The Morgan fingerprint density at radius 3 is 2.71 bits per heavy atom. The predicted octanol–water partition coefficient (Wildman–Crippen LogP) is 2.41. The smallest absolute Gasteiger partial charge is 0.265 e. The summed E-state index contributed by atoms with van der Waals surface area (Å²) in [6, 6.07) is 2.76. The highest BCUT2D eigenvalue weighted by molar-refractivity contribution is 8.14. The molecule has 0 aliphatic rings. The Labute approximate surface area is 88.8 Å². The van der Waals surface area contributed by atoms with E-state index in [1.54, 1.807) is 6.07 Å². The van der Waals surface area contributed by atoms with Crippen LogP contribution in [0.1, 0.15) is 0 Å². The summed E-state index contributed by atoms with van der Waals surface area (Å²) in [6.07, 6.45) is 1.37. The van der Waals surface area contributed by atoms with Gasteiger partial charge in [0.2, 0.25) is 0 Å². The van der Waals surface area contributed by atoms with Gasteiger partial charge in [-0.15, -0.1) is 0 Å². The number of nitrogens with zero attached hydrogens (tertiary/aromatic N) is 1. The van der Waals surface area contributed by atoms with E-state index in [0.717, 1.165) is 0 Å². The lowest BCUT2D eigenvalue weighted by molar-refractivity contribution is 0.451. The molecule has 74 valence electrons. The zero-order valence-corrected chi connectivity index (χ0v) is 8.90. The van der Waals surface area contributed by atoms with Crippen molar-refractivity contribution in [1.29, 1.82) is 0 Å². The summed E-state index contributed by atoms with van der Waals surface area (Å²) < 4.78 is 27.0. The number of benzene rings is 1. The summed E-state index contributed by atoms with van der Waals surface area (Å²) in [5, 5.41) is 4.22. The standard InChI is InChI=1S/C7H3Cl2NO3S/c8-5-1-4-3-10-13-7(4)6(2-5)14(9,11)12/h1-3H. The zero-order chi connectivity index (χ0) is 10.3. The SMILES string of the molecule is O=S(=O)(Cl)c1cc(Cl)cc2cnoc12. The molecule has 0 radical (unpaired) electrons. The van der Waals surface area contributed by atoms with Gasteiger partial charge in [0.25, 0.3) is 9.05 Å². The third kappa shape index (κ3) is 1.58. The molecule has 14 heavy (non-hydrogen) atoms. The van der Waals surface area contributed by atoms with Gasteiger partial charge in [0, 0.05) is 21.1 Å². The van der Waals surface area contributed by atoms with Crippen molar-refractivity contribution < 1.29 is 12.9 Å². The van der Waals surface area contributed by atoms with Crippen LogP contribution in [0.5, 0.6) is 0 Å². The van der Waals surface area contributed by atoms with Gasteiger partial charge in [-0.1, -0.05) is 16.8 Å². The first kappa shape index (κ1) is 9.76. The first-order chi connectivity index (χ1) is 6.48. The van der Waals surface area contributed by atoms with E-state index in [0.29, 0.717) is 5.39 Å². The molecule has 1 aromatic heterocycles. The molecule has 0 atom stereocenters. The molecule has 2 rings (SSSR count). The van der Waals surface area contributed by atoms with Crippen molar-refractivity contribution in [1.82, 2.24) is 5.16 Å². The summed E-state index contributed by atoms with van der Waals surface area (Å²) in [7, 11) is 1.32. The number of fused-ring (bicyclic) bond motifs is 1. The number of rotatable bonds is 1. The molecule has 0 amide bonds. The van der Waals surface area contributed by atoms with Crippen LogP contribution in [0.4, 0.5) is 0 Å². The van der Waals surface area contributed by atoms with Crippen molar-refractivity contribution >= 4 is 42.3 Å².